The predicted octanol–water partition coefficient (Wildman–Crippen LogP) is 7.21. The number of anilines is 3. The molecule has 0 aliphatic carbocycles. The number of nitrogens with zero attached hydrogens (tertiary/aromatic N) is 4. The van der Waals surface area contributed by atoms with Crippen molar-refractivity contribution in [3.8, 4) is 11.8 Å². The van der Waals surface area contributed by atoms with Crippen molar-refractivity contribution in [3.63, 3.8) is 0 Å². The van der Waals surface area contributed by atoms with Crippen molar-refractivity contribution in [1.82, 2.24) is 25.2 Å². The fourth-order valence-electron chi connectivity index (χ4n) is 5.46. The summed E-state index contributed by atoms with van der Waals surface area (Å²) < 4.78 is 49.5. The van der Waals surface area contributed by atoms with Crippen LogP contribution < -0.4 is 25.4 Å². The van der Waals surface area contributed by atoms with E-state index >= 15 is 0 Å². The van der Waals surface area contributed by atoms with Crippen LogP contribution in [0.15, 0.2) is 72.8 Å². The molecule has 276 valence electrons. The van der Waals surface area contributed by atoms with Gasteiger partial charge in [0, 0.05) is 43.9 Å². The highest BCUT2D eigenvalue weighted by Gasteiger charge is 2.29. The summed E-state index contributed by atoms with van der Waals surface area (Å²) in [5.74, 6) is 0.0728. The Morgan fingerprint density at radius 3 is 2.48 bits per heavy atom. The van der Waals surface area contributed by atoms with E-state index in [1.54, 1.807) is 42.5 Å². The molecule has 5 heterocycles. The number of rotatable bonds is 6. The third kappa shape index (κ3) is 12.0. The van der Waals surface area contributed by atoms with Crippen molar-refractivity contribution in [2.24, 2.45) is 5.41 Å². The van der Waals surface area contributed by atoms with Gasteiger partial charge in [0.15, 0.2) is 6.61 Å². The Morgan fingerprint density at radius 2 is 1.75 bits per heavy atom. The highest BCUT2D eigenvalue weighted by atomic mass is 35.5. The van der Waals surface area contributed by atoms with E-state index in [1.807, 2.05) is 36.9 Å². The first-order chi connectivity index (χ1) is 24.8. The van der Waals surface area contributed by atoms with Gasteiger partial charge in [0.1, 0.15) is 5.75 Å². The molecule has 0 fully saturated rings. The van der Waals surface area contributed by atoms with E-state index in [0.29, 0.717) is 67.5 Å². The van der Waals surface area contributed by atoms with Crippen molar-refractivity contribution in [2.45, 2.75) is 52.3 Å². The van der Waals surface area contributed by atoms with Crippen molar-refractivity contribution >= 4 is 41.0 Å². The van der Waals surface area contributed by atoms with Gasteiger partial charge in [0.2, 0.25) is 17.8 Å². The van der Waals surface area contributed by atoms with Gasteiger partial charge in [-0.1, -0.05) is 61.8 Å². The molecule has 3 aromatic carbocycles. The van der Waals surface area contributed by atoms with Crippen molar-refractivity contribution < 1.29 is 32.2 Å². The molecular formula is C37H41ClF3N7O4. The normalized spacial score (nSPS) is 15.4. The molecule has 4 aliphatic rings. The first-order valence-electron chi connectivity index (χ1n) is 16.9. The van der Waals surface area contributed by atoms with Crippen LogP contribution in [0.3, 0.4) is 0 Å². The quantitative estimate of drug-likeness (QED) is 0.188. The molecule has 2 amide bonds. The van der Waals surface area contributed by atoms with E-state index in [9.17, 15) is 22.8 Å². The van der Waals surface area contributed by atoms with Crippen molar-refractivity contribution in [3.05, 3.63) is 94.5 Å². The molecule has 0 saturated heterocycles. The summed E-state index contributed by atoms with van der Waals surface area (Å²) in [6.45, 7) is 4.07. The molecule has 4 aromatic rings. The monoisotopic (exact) mass is 739 g/mol. The number of ether oxygens (including phenoxy) is 2. The number of carbonyl (C=O) groups excluding carboxylic acids is 2. The second-order valence-electron chi connectivity index (χ2n) is 13.2. The highest BCUT2D eigenvalue weighted by Crippen LogP contribution is 2.27. The summed E-state index contributed by atoms with van der Waals surface area (Å²) in [7, 11) is 0. The molecule has 0 radical (unpaired) electrons. The zero-order valence-corrected chi connectivity index (χ0v) is 29.7. The number of benzene rings is 3. The van der Waals surface area contributed by atoms with E-state index in [0.717, 1.165) is 12.0 Å². The average Bonchev–Trinajstić information content (AvgIpc) is 3.11. The molecular weight excluding hydrogens is 699 g/mol. The van der Waals surface area contributed by atoms with E-state index in [4.69, 9.17) is 21.1 Å². The summed E-state index contributed by atoms with van der Waals surface area (Å²) in [6, 6.07) is 21.2. The number of aryl methyl sites for hydroxylation is 1. The number of hydrogen-bond donors (Lipinski definition) is 3. The largest absolute Gasteiger partial charge is 0.492 e. The summed E-state index contributed by atoms with van der Waals surface area (Å²) in [5, 5.41) is 9.23. The zero-order chi connectivity index (χ0) is 37.1. The molecule has 0 saturated carbocycles. The first kappa shape index (κ1) is 38.1. The molecule has 15 heteroatoms. The maximum Gasteiger partial charge on any atom is 0.422 e. The Bertz CT molecular complexity index is 1810. The smallest absolute Gasteiger partial charge is 0.422 e. The van der Waals surface area contributed by atoms with Crippen LogP contribution in [0.4, 0.5) is 30.8 Å². The van der Waals surface area contributed by atoms with E-state index in [-0.39, 0.29) is 30.3 Å². The van der Waals surface area contributed by atoms with Gasteiger partial charge in [0.25, 0.3) is 5.91 Å². The van der Waals surface area contributed by atoms with Gasteiger partial charge in [-0.3, -0.25) is 9.59 Å². The highest BCUT2D eigenvalue weighted by molar-refractivity contribution is 6.32. The van der Waals surface area contributed by atoms with Crippen LogP contribution in [0, 0.1) is 5.41 Å². The lowest BCUT2D eigenvalue weighted by molar-refractivity contribution is -0.154. The molecule has 11 nitrogen and oxygen atoms in total. The Labute approximate surface area is 305 Å². The van der Waals surface area contributed by atoms with Gasteiger partial charge in [-0.2, -0.15) is 28.1 Å². The summed E-state index contributed by atoms with van der Waals surface area (Å²) in [5.41, 5.74) is 2.30. The first-order valence-corrected chi connectivity index (χ1v) is 17.3. The Kier molecular flexibility index (Phi) is 12.8. The second-order valence-corrected chi connectivity index (χ2v) is 13.6. The topological polar surface area (TPSA) is 131 Å². The van der Waals surface area contributed by atoms with Crippen LogP contribution in [0.5, 0.6) is 11.8 Å². The van der Waals surface area contributed by atoms with Gasteiger partial charge in [0.05, 0.1) is 11.6 Å². The summed E-state index contributed by atoms with van der Waals surface area (Å²) in [6.07, 6.45) is -2.14. The van der Waals surface area contributed by atoms with Gasteiger partial charge >= 0.3 is 12.2 Å². The van der Waals surface area contributed by atoms with Gasteiger partial charge < -0.3 is 30.3 Å². The maximum atomic E-state index is 13.5. The Hall–Kier alpha value is -5.11. The van der Waals surface area contributed by atoms with Crippen LogP contribution in [-0.2, 0) is 17.8 Å². The Morgan fingerprint density at radius 1 is 1.00 bits per heavy atom. The number of hydrogen-bond acceptors (Lipinski definition) is 9. The van der Waals surface area contributed by atoms with Crippen LogP contribution in [0.2, 0.25) is 5.02 Å². The molecule has 0 spiro atoms. The lowest BCUT2D eigenvalue weighted by Gasteiger charge is -2.33. The van der Waals surface area contributed by atoms with Gasteiger partial charge in [-0.05, 0) is 72.2 Å². The van der Waals surface area contributed by atoms with E-state index in [1.165, 1.54) is 5.56 Å². The van der Waals surface area contributed by atoms with Gasteiger partial charge in [-0.25, -0.2) is 0 Å². The molecule has 6 bridgehead atoms. The molecule has 52 heavy (non-hydrogen) atoms. The Balaban J connectivity index is 1.34. The number of alkyl halides is 3. The van der Waals surface area contributed by atoms with Crippen LogP contribution in [0.25, 0.3) is 0 Å². The predicted molar refractivity (Wildman–Crippen MR) is 192 cm³/mol. The minimum Gasteiger partial charge on any atom is -0.492 e. The second kappa shape index (κ2) is 17.4. The number of carbonyl (C=O) groups is 2. The third-order valence-electron chi connectivity index (χ3n) is 8.06. The fourth-order valence-corrected chi connectivity index (χ4v) is 5.72. The number of nitrogens with one attached hydrogen (secondary N) is 3. The van der Waals surface area contributed by atoms with E-state index < -0.39 is 24.2 Å². The molecule has 3 N–H and O–H groups in total. The van der Waals surface area contributed by atoms with Crippen LogP contribution >= 0.6 is 11.6 Å². The fraction of sp³-hybridized carbons (Fsp3) is 0.378. The van der Waals surface area contributed by atoms with E-state index in [2.05, 4.69) is 43.0 Å². The average molecular weight is 740 g/mol. The zero-order valence-electron chi connectivity index (χ0n) is 28.9. The lowest BCUT2D eigenvalue weighted by atomic mass is 9.92. The molecule has 0 unspecified atom stereocenters. The molecule has 1 aromatic heterocycles. The van der Waals surface area contributed by atoms with Crippen molar-refractivity contribution in [2.75, 3.05) is 43.5 Å². The number of halogens is 4. The maximum absolute atomic E-state index is 13.5. The minimum absolute atomic E-state index is 0.0390. The third-order valence-corrected chi connectivity index (χ3v) is 8.35. The van der Waals surface area contributed by atoms with Crippen LogP contribution in [-0.4, -0.2) is 70.7 Å². The lowest BCUT2D eigenvalue weighted by Crippen LogP contribution is -2.45. The van der Waals surface area contributed by atoms with Crippen molar-refractivity contribution in [1.29, 1.82) is 0 Å². The summed E-state index contributed by atoms with van der Waals surface area (Å²) >= 11 is 6.54. The SMILES string of the molecule is CC1(C)CNC(=O)c2ccc(cc2)Nc2nc(nc(OCC(F)(F)F)n2)NCc2ccc(c(Cl)c2)OCCCN(C(=O)CCCc2ccccc2)C1. The standard InChI is InChI=1S/C37H41ClF3N7O4/c1-36(2)22-43-32(50)27-13-15-28(16-14-27)44-34-45-33(46-35(47-34)52-24-37(39,40)41)42-21-26-12-17-30(29(38)20-26)51-19-7-18-48(23-36)31(49)11-6-10-25-8-4-3-5-9-25/h3-5,8-9,12-17,20H,6-7,10-11,18-19,21-24H2,1-2H3,(H,43,50)(H2,42,44,45,46,47). The number of amides is 2. The molecule has 0 atom stereocenters. The number of aromatic nitrogens is 3. The summed E-state index contributed by atoms with van der Waals surface area (Å²) in [4.78, 5) is 40.7. The minimum atomic E-state index is -4.60. The van der Waals surface area contributed by atoms with Crippen LogP contribution in [0.1, 0.15) is 54.6 Å². The van der Waals surface area contributed by atoms with Gasteiger partial charge in [-0.15, -0.1) is 0 Å². The molecule has 8 rings (SSSR count). The molecule has 4 aliphatic heterocycles.